The minimum atomic E-state index is -0.394. The molecule has 6 aliphatic rings. The Balaban J connectivity index is 0.839. The van der Waals surface area contributed by atoms with Gasteiger partial charge in [0.1, 0.15) is 23.0 Å². The Kier molecular flexibility index (Phi) is 17.7. The lowest BCUT2D eigenvalue weighted by Gasteiger charge is -2.48. The number of fused-ring (bicyclic) bond motifs is 14. The molecule has 0 saturated heterocycles. The van der Waals surface area contributed by atoms with Gasteiger partial charge in [-0.2, -0.15) is 0 Å². The molecule has 0 atom stereocenters. The summed E-state index contributed by atoms with van der Waals surface area (Å²) in [6, 6.07) is 159. The minimum Gasteiger partial charge on any atom is -0.459 e. The lowest BCUT2D eigenvalue weighted by Crippen LogP contribution is -2.66. The van der Waals surface area contributed by atoms with E-state index in [9.17, 15) is 0 Å². The summed E-state index contributed by atoms with van der Waals surface area (Å²) in [5.74, 6) is 3.35. The molecule has 25 rings (SSSR count). The van der Waals surface area contributed by atoms with Crippen LogP contribution < -0.4 is 68.4 Å². The molecule has 0 unspecified atom stereocenters. The second-order valence-electron chi connectivity index (χ2n) is 35.2. The fraction of sp³-hybridized carbons (Fsp3) is 0.0339. The molecule has 0 spiro atoms. The lowest BCUT2D eigenvalue weighted by molar-refractivity contribution is 0.465. The van der Waals surface area contributed by atoms with Gasteiger partial charge in [0, 0.05) is 70.0 Å². The summed E-state index contributed by atoms with van der Waals surface area (Å²) in [5.41, 5.74) is 40.7. The van der Waals surface area contributed by atoms with E-state index in [4.69, 9.17) is 9.47 Å². The van der Waals surface area contributed by atoms with Crippen molar-refractivity contribution in [3.8, 4) is 134 Å². The first kappa shape index (κ1) is 74.9. The summed E-state index contributed by atoms with van der Waals surface area (Å²) < 4.78 is 15.8. The van der Waals surface area contributed by atoms with Crippen molar-refractivity contribution in [2.75, 3.05) is 9.80 Å². The van der Waals surface area contributed by atoms with Crippen LogP contribution in [-0.2, 0) is 5.41 Å². The molecule has 0 bridgehead atoms. The maximum absolute atomic E-state index is 8.05. The average Bonchev–Trinajstić information content (AvgIpc) is 0.669. The van der Waals surface area contributed by atoms with E-state index in [1.165, 1.54) is 58.7 Å². The summed E-state index contributed by atoms with van der Waals surface area (Å²) in [7, 11) is 0. The zero-order valence-corrected chi connectivity index (χ0v) is 71.8. The van der Waals surface area contributed by atoms with Crippen molar-refractivity contribution >= 4 is 127 Å². The SMILES string of the molecule is CC(C)(C)c1cc2c3c(c1)N(c1c(-c4ccccc4)cc(-c4ccccc4)cc1-c1ccccc1)c1cc4c5c(c1B3c1ccc(-c3ccccc3)cc1N2c1c(-c2ccccc2)cc(-c2ccccc2)cc1-c1ccccc1)Sc1cc2c3c(c1B5c1ccc(-c5ccccc5)cc1S4)Oc1cc(-c4ccccc4)ccc1B3c1ccc(-c3ccccc3)cc1O2. The molecule has 594 valence electrons. The molecule has 0 fully saturated rings. The minimum absolute atomic E-state index is 0.223. The van der Waals surface area contributed by atoms with Crippen LogP contribution in [0.25, 0.3) is 111 Å². The topological polar surface area (TPSA) is 24.9 Å². The molecule has 6 heterocycles. The highest BCUT2D eigenvalue weighted by atomic mass is 32.2. The van der Waals surface area contributed by atoms with Crippen LogP contribution in [0.1, 0.15) is 26.3 Å². The highest BCUT2D eigenvalue weighted by molar-refractivity contribution is 8.01. The van der Waals surface area contributed by atoms with Crippen molar-refractivity contribution in [1.82, 2.24) is 0 Å². The molecule has 0 aromatic heterocycles. The number of ether oxygens (including phenoxy) is 2. The number of anilines is 6. The molecule has 0 aliphatic carbocycles. The first-order valence-electron chi connectivity index (χ1n) is 44.0. The fourth-order valence-corrected chi connectivity index (χ4v) is 23.5. The first-order chi connectivity index (χ1) is 62.6. The smallest absolute Gasteiger partial charge is 0.260 e. The van der Waals surface area contributed by atoms with Gasteiger partial charge in [0.25, 0.3) is 20.1 Å². The Hall–Kier alpha value is -14.7. The lowest BCUT2D eigenvalue weighted by atomic mass is 9.30. The van der Waals surface area contributed by atoms with E-state index in [1.54, 1.807) is 0 Å². The third-order valence-corrected chi connectivity index (χ3v) is 29.2. The molecule has 0 saturated carbocycles. The van der Waals surface area contributed by atoms with Crippen LogP contribution in [0.15, 0.2) is 444 Å². The molecule has 0 N–H and O–H groups in total. The Bertz CT molecular complexity index is 7520. The van der Waals surface area contributed by atoms with Gasteiger partial charge in [-0.3, -0.25) is 0 Å². The normalized spacial score (nSPS) is 13.1. The molecule has 4 nitrogen and oxygen atoms in total. The van der Waals surface area contributed by atoms with E-state index < -0.39 is 5.41 Å². The van der Waals surface area contributed by atoms with E-state index in [-0.39, 0.29) is 20.1 Å². The van der Waals surface area contributed by atoms with Crippen LogP contribution in [0.4, 0.5) is 34.1 Å². The first-order valence-corrected chi connectivity index (χ1v) is 45.6. The van der Waals surface area contributed by atoms with E-state index >= 15 is 0 Å². The van der Waals surface area contributed by atoms with Gasteiger partial charge in [-0.25, -0.2) is 0 Å². The van der Waals surface area contributed by atoms with Gasteiger partial charge in [0.2, 0.25) is 0 Å². The molecule has 127 heavy (non-hydrogen) atoms. The standard InChI is InChI=1S/C118H79B3N2O2S2/c1-118(2,3)90-70-100-109-101(71-90)123(115-93(82-50-30-12-31-51-82)64-89(79-44-24-9-25-45-79)65-94(115)83-52-32-13-33-53-83)102-72-107-113-117(110(102)120(109)95-58-54-84(74-34-14-4-15-35-74)66-99(95)122(100)114-91(80-46-26-10-27-47-80)62-88(78-42-22-8-23-43-78)63-92(114)81-48-28-11-29-49-81)127-108-73-105-111-116(112(108)121(113)98-61-57-87(69-106(98)126-107)77-40-20-7-21-41-77)125-104-68-86(76-38-18-6-19-39-76)56-60-97(104)119(111)96-59-55-85(67-103(96)124-105)75-36-16-5-17-37-75/h4-73H,1-3H3. The van der Waals surface area contributed by atoms with E-state index in [1.807, 2.05) is 23.5 Å². The molecule has 19 aromatic rings. The number of hydrogen-bond acceptors (Lipinski definition) is 6. The zero-order chi connectivity index (χ0) is 84.1. The van der Waals surface area contributed by atoms with Gasteiger partial charge >= 0.3 is 0 Å². The quantitative estimate of drug-likeness (QED) is 0.113. The molecule has 6 aliphatic heterocycles. The summed E-state index contributed by atoms with van der Waals surface area (Å²) in [5, 5.41) is 0. The van der Waals surface area contributed by atoms with E-state index in [0.717, 1.165) is 184 Å². The van der Waals surface area contributed by atoms with Gasteiger partial charge in [0.05, 0.1) is 11.4 Å². The third-order valence-electron chi connectivity index (χ3n) is 26.8. The van der Waals surface area contributed by atoms with Gasteiger partial charge in [0.15, 0.2) is 0 Å². The maximum atomic E-state index is 8.05. The van der Waals surface area contributed by atoms with Gasteiger partial charge in [-0.15, -0.1) is 0 Å². The average molecular weight is 1650 g/mol. The van der Waals surface area contributed by atoms with Crippen LogP contribution in [-0.4, -0.2) is 20.1 Å². The molecular weight excluding hydrogens is 1570 g/mol. The largest absolute Gasteiger partial charge is 0.459 e. The zero-order valence-electron chi connectivity index (χ0n) is 70.2. The number of rotatable bonds is 12. The Morgan fingerprint density at radius 3 is 0.976 bits per heavy atom. The summed E-state index contributed by atoms with van der Waals surface area (Å²) in [6.45, 7) is 6.28. The van der Waals surface area contributed by atoms with Crippen LogP contribution in [0.2, 0.25) is 0 Å². The fourth-order valence-electron chi connectivity index (χ4n) is 20.9. The Morgan fingerprint density at radius 1 is 0.220 bits per heavy atom. The molecule has 0 amide bonds. The van der Waals surface area contributed by atoms with Crippen LogP contribution >= 0.6 is 23.5 Å². The van der Waals surface area contributed by atoms with Crippen molar-refractivity contribution in [2.45, 2.75) is 45.8 Å². The van der Waals surface area contributed by atoms with Crippen LogP contribution in [0.3, 0.4) is 0 Å². The maximum Gasteiger partial charge on any atom is 0.260 e. The summed E-state index contributed by atoms with van der Waals surface area (Å²) >= 11 is 3.84. The summed E-state index contributed by atoms with van der Waals surface area (Å²) in [6.07, 6.45) is 0. The van der Waals surface area contributed by atoms with Crippen LogP contribution in [0, 0.1) is 0 Å². The highest BCUT2D eigenvalue weighted by Crippen LogP contribution is 2.58. The molecule has 0 radical (unpaired) electrons. The molecular formula is C118H79B3N2O2S2. The Labute approximate surface area is 750 Å². The van der Waals surface area contributed by atoms with Crippen molar-refractivity contribution in [1.29, 1.82) is 0 Å². The number of hydrogen-bond donors (Lipinski definition) is 0. The predicted molar refractivity (Wildman–Crippen MR) is 537 cm³/mol. The second kappa shape index (κ2) is 30.0. The van der Waals surface area contributed by atoms with Crippen molar-refractivity contribution in [2.24, 2.45) is 0 Å². The van der Waals surface area contributed by atoms with Crippen molar-refractivity contribution in [3.05, 3.63) is 430 Å². The number of nitrogens with zero attached hydrogens (tertiary/aromatic N) is 2. The monoisotopic (exact) mass is 1650 g/mol. The molecule has 19 aromatic carbocycles. The van der Waals surface area contributed by atoms with E-state index in [0.29, 0.717) is 0 Å². The second-order valence-corrected chi connectivity index (χ2v) is 37.3. The van der Waals surface area contributed by atoms with Crippen molar-refractivity contribution < 1.29 is 9.47 Å². The summed E-state index contributed by atoms with van der Waals surface area (Å²) in [4.78, 5) is 10.3. The van der Waals surface area contributed by atoms with Gasteiger partial charge in [-0.05, 0) is 211 Å². The predicted octanol–water partition coefficient (Wildman–Crippen LogP) is 25.9. The van der Waals surface area contributed by atoms with Gasteiger partial charge < -0.3 is 19.3 Å². The van der Waals surface area contributed by atoms with Gasteiger partial charge in [-0.1, -0.05) is 402 Å². The Morgan fingerprint density at radius 2 is 0.559 bits per heavy atom. The highest BCUT2D eigenvalue weighted by Gasteiger charge is 2.53. The van der Waals surface area contributed by atoms with Crippen LogP contribution in [0.5, 0.6) is 23.0 Å². The molecule has 9 heteroatoms. The number of benzene rings is 19. The van der Waals surface area contributed by atoms with Crippen molar-refractivity contribution in [3.63, 3.8) is 0 Å². The van der Waals surface area contributed by atoms with E-state index in [2.05, 4.69) is 455 Å². The third kappa shape index (κ3) is 12.4.